The summed E-state index contributed by atoms with van der Waals surface area (Å²) in [6.07, 6.45) is 0. The van der Waals surface area contributed by atoms with E-state index in [1.54, 1.807) is 19.9 Å². The highest BCUT2D eigenvalue weighted by atomic mass is 79.9. The molecule has 0 bridgehead atoms. The van der Waals surface area contributed by atoms with Crippen molar-refractivity contribution in [1.82, 2.24) is 9.97 Å². The van der Waals surface area contributed by atoms with Gasteiger partial charge in [0.1, 0.15) is 11.6 Å². The van der Waals surface area contributed by atoms with Crippen molar-refractivity contribution in [2.75, 3.05) is 5.43 Å². The maximum Gasteiger partial charge on any atom is 0.227 e. The zero-order chi connectivity index (χ0) is 14.0. The third kappa shape index (κ3) is 2.99. The standard InChI is InChI=1S/C12H12BrFN4O/c1-6-11(18-15)16-7(2)17-12(6)19-10-4-3-8(13)5-9(10)14/h3-5H,15H2,1-2H3,(H,16,17,18). The molecule has 0 unspecified atom stereocenters. The summed E-state index contributed by atoms with van der Waals surface area (Å²) in [5.41, 5.74) is 3.06. The number of nitrogens with two attached hydrogens (primary N) is 1. The summed E-state index contributed by atoms with van der Waals surface area (Å²) in [6, 6.07) is 4.52. The first-order chi connectivity index (χ1) is 9.01. The van der Waals surface area contributed by atoms with Crippen molar-refractivity contribution in [1.29, 1.82) is 0 Å². The molecule has 7 heteroatoms. The van der Waals surface area contributed by atoms with Crippen LogP contribution in [-0.2, 0) is 0 Å². The van der Waals surface area contributed by atoms with Crippen LogP contribution in [0, 0.1) is 19.7 Å². The van der Waals surface area contributed by atoms with Gasteiger partial charge >= 0.3 is 0 Å². The molecule has 0 aliphatic carbocycles. The first kappa shape index (κ1) is 13.7. The molecule has 19 heavy (non-hydrogen) atoms. The Morgan fingerprint density at radius 1 is 1.32 bits per heavy atom. The smallest absolute Gasteiger partial charge is 0.227 e. The second-order valence-corrected chi connectivity index (χ2v) is 4.79. The van der Waals surface area contributed by atoms with Gasteiger partial charge in [-0.05, 0) is 32.0 Å². The average molecular weight is 327 g/mol. The van der Waals surface area contributed by atoms with Crippen LogP contribution in [0.15, 0.2) is 22.7 Å². The highest BCUT2D eigenvalue weighted by Gasteiger charge is 2.13. The van der Waals surface area contributed by atoms with E-state index >= 15 is 0 Å². The van der Waals surface area contributed by atoms with E-state index in [-0.39, 0.29) is 11.6 Å². The number of nitrogens with one attached hydrogen (secondary N) is 1. The van der Waals surface area contributed by atoms with Crippen LogP contribution < -0.4 is 16.0 Å². The Bertz CT molecular complexity index is 621. The van der Waals surface area contributed by atoms with Crippen LogP contribution in [0.4, 0.5) is 10.2 Å². The molecule has 100 valence electrons. The number of aryl methyl sites for hydroxylation is 1. The monoisotopic (exact) mass is 326 g/mol. The van der Waals surface area contributed by atoms with E-state index in [1.165, 1.54) is 12.1 Å². The van der Waals surface area contributed by atoms with Crippen molar-refractivity contribution in [2.45, 2.75) is 13.8 Å². The molecule has 0 aliphatic heterocycles. The van der Waals surface area contributed by atoms with Gasteiger partial charge in [-0.15, -0.1) is 0 Å². The molecule has 2 aromatic rings. The number of hydrogen-bond donors (Lipinski definition) is 2. The van der Waals surface area contributed by atoms with Crippen LogP contribution in [0.25, 0.3) is 0 Å². The summed E-state index contributed by atoms with van der Waals surface area (Å²) in [5.74, 6) is 6.15. The van der Waals surface area contributed by atoms with Crippen LogP contribution in [0.3, 0.4) is 0 Å². The number of halogens is 2. The molecule has 1 aromatic carbocycles. The molecule has 0 amide bonds. The van der Waals surface area contributed by atoms with Crippen molar-refractivity contribution in [3.8, 4) is 11.6 Å². The molecule has 0 saturated carbocycles. The van der Waals surface area contributed by atoms with Crippen molar-refractivity contribution >= 4 is 21.7 Å². The number of aromatic nitrogens is 2. The third-order valence-corrected chi connectivity index (χ3v) is 2.94. The Balaban J connectivity index is 2.40. The summed E-state index contributed by atoms with van der Waals surface area (Å²) in [5, 5.41) is 0. The number of nitrogens with zero attached hydrogens (tertiary/aromatic N) is 2. The van der Waals surface area contributed by atoms with Gasteiger partial charge in [0.2, 0.25) is 5.88 Å². The molecule has 0 saturated heterocycles. The van der Waals surface area contributed by atoms with Crippen LogP contribution in [-0.4, -0.2) is 9.97 Å². The molecule has 5 nitrogen and oxygen atoms in total. The molecule has 0 radical (unpaired) electrons. The first-order valence-corrected chi connectivity index (χ1v) is 6.25. The van der Waals surface area contributed by atoms with Crippen molar-refractivity contribution < 1.29 is 9.13 Å². The minimum atomic E-state index is -0.479. The van der Waals surface area contributed by atoms with Crippen LogP contribution >= 0.6 is 15.9 Å². The molecule has 3 N–H and O–H groups in total. The van der Waals surface area contributed by atoms with E-state index in [0.717, 1.165) is 0 Å². The lowest BCUT2D eigenvalue weighted by atomic mass is 10.3. The number of hydrogen-bond acceptors (Lipinski definition) is 5. The Labute approximate surface area is 118 Å². The topological polar surface area (TPSA) is 73.1 Å². The summed E-state index contributed by atoms with van der Waals surface area (Å²) in [6.45, 7) is 3.44. The van der Waals surface area contributed by atoms with Crippen LogP contribution in [0.1, 0.15) is 11.4 Å². The van der Waals surface area contributed by atoms with Crippen molar-refractivity contribution in [2.24, 2.45) is 5.84 Å². The molecule has 0 aliphatic rings. The van der Waals surface area contributed by atoms with Gasteiger partial charge in [0.05, 0.1) is 5.56 Å². The fourth-order valence-corrected chi connectivity index (χ4v) is 1.84. The number of benzene rings is 1. The average Bonchev–Trinajstić information content (AvgIpc) is 2.36. The fourth-order valence-electron chi connectivity index (χ4n) is 1.50. The Morgan fingerprint density at radius 3 is 2.68 bits per heavy atom. The molecule has 0 atom stereocenters. The minimum Gasteiger partial charge on any atom is -0.435 e. The number of hydrazine groups is 1. The van der Waals surface area contributed by atoms with Gasteiger partial charge in [-0.25, -0.2) is 15.2 Å². The summed E-state index contributed by atoms with van der Waals surface area (Å²) < 4.78 is 19.8. The highest BCUT2D eigenvalue weighted by molar-refractivity contribution is 9.10. The Kier molecular flexibility index (Phi) is 3.96. The Hall–Kier alpha value is -1.73. The molecule has 0 fully saturated rings. The van der Waals surface area contributed by atoms with Crippen molar-refractivity contribution in [3.63, 3.8) is 0 Å². The molecular formula is C12H12BrFN4O. The van der Waals surface area contributed by atoms with Gasteiger partial charge in [-0.1, -0.05) is 15.9 Å². The van der Waals surface area contributed by atoms with Gasteiger partial charge in [0, 0.05) is 4.47 Å². The zero-order valence-corrected chi connectivity index (χ0v) is 12.0. The largest absolute Gasteiger partial charge is 0.435 e. The SMILES string of the molecule is Cc1nc(NN)c(C)c(Oc2ccc(Br)cc2F)n1. The molecular weight excluding hydrogens is 315 g/mol. The predicted molar refractivity (Wildman–Crippen MR) is 73.5 cm³/mol. The normalized spacial score (nSPS) is 10.4. The van der Waals surface area contributed by atoms with E-state index in [4.69, 9.17) is 10.6 Å². The summed E-state index contributed by atoms with van der Waals surface area (Å²) in [7, 11) is 0. The van der Waals surface area contributed by atoms with E-state index < -0.39 is 5.82 Å². The lowest BCUT2D eigenvalue weighted by Gasteiger charge is -2.12. The van der Waals surface area contributed by atoms with Crippen LogP contribution in [0.2, 0.25) is 0 Å². The lowest BCUT2D eigenvalue weighted by molar-refractivity contribution is 0.422. The number of ether oxygens (including phenoxy) is 1. The number of rotatable bonds is 3. The van der Waals surface area contributed by atoms with E-state index in [0.29, 0.717) is 21.7 Å². The second-order valence-electron chi connectivity index (χ2n) is 3.87. The van der Waals surface area contributed by atoms with Crippen molar-refractivity contribution in [3.05, 3.63) is 39.9 Å². The predicted octanol–water partition coefficient (Wildman–Crippen LogP) is 3.07. The van der Waals surface area contributed by atoms with Gasteiger partial charge in [0.15, 0.2) is 11.6 Å². The quantitative estimate of drug-likeness (QED) is 0.669. The van der Waals surface area contributed by atoms with E-state index in [1.807, 2.05) is 0 Å². The first-order valence-electron chi connectivity index (χ1n) is 5.46. The zero-order valence-electron chi connectivity index (χ0n) is 10.4. The number of nitrogen functional groups attached to an aromatic ring is 1. The number of anilines is 1. The maximum absolute atomic E-state index is 13.7. The fraction of sp³-hybridized carbons (Fsp3) is 0.167. The van der Waals surface area contributed by atoms with E-state index in [2.05, 4.69) is 31.3 Å². The minimum absolute atomic E-state index is 0.0902. The van der Waals surface area contributed by atoms with Gasteiger partial charge in [-0.3, -0.25) is 0 Å². The Morgan fingerprint density at radius 2 is 2.05 bits per heavy atom. The molecule has 2 rings (SSSR count). The second kappa shape index (κ2) is 5.50. The van der Waals surface area contributed by atoms with E-state index in [9.17, 15) is 4.39 Å². The van der Waals surface area contributed by atoms with Gasteiger partial charge in [0.25, 0.3) is 0 Å². The summed E-state index contributed by atoms with van der Waals surface area (Å²) in [4.78, 5) is 8.23. The highest BCUT2D eigenvalue weighted by Crippen LogP contribution is 2.29. The van der Waals surface area contributed by atoms with Gasteiger partial charge < -0.3 is 10.2 Å². The third-order valence-electron chi connectivity index (χ3n) is 2.45. The maximum atomic E-state index is 13.7. The molecule has 1 heterocycles. The molecule has 1 aromatic heterocycles. The van der Waals surface area contributed by atoms with Crippen LogP contribution in [0.5, 0.6) is 11.6 Å². The molecule has 0 spiro atoms. The lowest BCUT2D eigenvalue weighted by Crippen LogP contribution is -2.12. The summed E-state index contributed by atoms with van der Waals surface area (Å²) >= 11 is 3.18. The van der Waals surface area contributed by atoms with Gasteiger partial charge in [-0.2, -0.15) is 4.98 Å².